The van der Waals surface area contributed by atoms with Crippen molar-refractivity contribution in [2.45, 2.75) is 45.6 Å². The van der Waals surface area contributed by atoms with Crippen LogP contribution in [-0.4, -0.2) is 34.9 Å². The van der Waals surface area contributed by atoms with Crippen molar-refractivity contribution in [3.8, 4) is 0 Å². The molecule has 0 spiro atoms. The summed E-state index contributed by atoms with van der Waals surface area (Å²) in [7, 11) is 0. The minimum atomic E-state index is -1.19. The molecule has 0 heterocycles. The molecule has 0 bridgehead atoms. The highest BCUT2D eigenvalue weighted by molar-refractivity contribution is 5.93. The smallest absolute Gasteiger partial charge is 0.331 e. The molecule has 0 fully saturated rings. The minimum absolute atomic E-state index is 0.153. The summed E-state index contributed by atoms with van der Waals surface area (Å²) in [6, 6.07) is 0. The Morgan fingerprint density at radius 2 is 1.89 bits per heavy atom. The quantitative estimate of drug-likeness (QED) is 0.486. The van der Waals surface area contributed by atoms with E-state index in [1.54, 1.807) is 6.92 Å². The summed E-state index contributed by atoms with van der Waals surface area (Å²) in [6.45, 7) is 7.15. The van der Waals surface area contributed by atoms with Gasteiger partial charge >= 0.3 is 11.9 Å². The molecule has 0 saturated carbocycles. The zero-order valence-corrected chi connectivity index (χ0v) is 11.0. The molecule has 0 rings (SSSR count). The van der Waals surface area contributed by atoms with Gasteiger partial charge in [0, 0.05) is 5.57 Å². The number of aliphatic carboxylic acids is 1. The molecule has 1 unspecified atom stereocenters. The average molecular weight is 258 g/mol. The van der Waals surface area contributed by atoms with E-state index in [-0.39, 0.29) is 12.2 Å². The van der Waals surface area contributed by atoms with E-state index < -0.39 is 24.0 Å². The van der Waals surface area contributed by atoms with Gasteiger partial charge in [0.15, 0.2) is 0 Å². The maximum absolute atomic E-state index is 11.6. The number of ether oxygens (including phenoxy) is 1. The lowest BCUT2D eigenvalue weighted by molar-refractivity contribution is -0.149. The van der Waals surface area contributed by atoms with Gasteiger partial charge in [-0.25, -0.2) is 4.79 Å². The van der Waals surface area contributed by atoms with E-state index in [1.807, 2.05) is 6.92 Å². The van der Waals surface area contributed by atoms with Crippen molar-refractivity contribution in [1.29, 1.82) is 0 Å². The third-order valence-corrected chi connectivity index (χ3v) is 2.77. The Morgan fingerprint density at radius 1 is 1.28 bits per heavy atom. The molecule has 0 amide bonds. The number of aliphatic hydroxyl groups excluding tert-OH is 1. The van der Waals surface area contributed by atoms with E-state index in [1.165, 1.54) is 0 Å². The van der Waals surface area contributed by atoms with Crippen molar-refractivity contribution < 1.29 is 24.5 Å². The van der Waals surface area contributed by atoms with E-state index in [2.05, 4.69) is 6.58 Å². The van der Waals surface area contributed by atoms with Crippen LogP contribution in [0.4, 0.5) is 0 Å². The Morgan fingerprint density at radius 3 is 2.33 bits per heavy atom. The first kappa shape index (κ1) is 16.6. The van der Waals surface area contributed by atoms with Gasteiger partial charge < -0.3 is 14.9 Å². The Bertz CT molecular complexity index is 298. The molecule has 5 nitrogen and oxygen atoms in total. The predicted molar refractivity (Wildman–Crippen MR) is 67.0 cm³/mol. The topological polar surface area (TPSA) is 83.8 Å². The van der Waals surface area contributed by atoms with E-state index >= 15 is 0 Å². The second-order valence-electron chi connectivity index (χ2n) is 4.13. The van der Waals surface area contributed by atoms with Crippen LogP contribution in [0.3, 0.4) is 0 Å². The van der Waals surface area contributed by atoms with Crippen LogP contribution in [-0.2, 0) is 14.3 Å². The van der Waals surface area contributed by atoms with Crippen LogP contribution in [0.25, 0.3) is 0 Å². The molecule has 0 radical (unpaired) electrons. The van der Waals surface area contributed by atoms with Gasteiger partial charge in [0.2, 0.25) is 0 Å². The Labute approximate surface area is 107 Å². The minimum Gasteiger partial charge on any atom is -0.478 e. The van der Waals surface area contributed by atoms with Gasteiger partial charge in [-0.05, 0) is 32.6 Å². The van der Waals surface area contributed by atoms with Crippen LogP contribution in [0, 0.1) is 5.92 Å². The highest BCUT2D eigenvalue weighted by Gasteiger charge is 2.26. The second-order valence-corrected chi connectivity index (χ2v) is 4.13. The van der Waals surface area contributed by atoms with Crippen molar-refractivity contribution >= 4 is 11.9 Å². The van der Waals surface area contributed by atoms with Crippen LogP contribution in [0.1, 0.15) is 39.5 Å². The number of carboxylic acids is 1. The number of aliphatic hydroxyl groups is 1. The van der Waals surface area contributed by atoms with Crippen LogP contribution in [0.5, 0.6) is 0 Å². The predicted octanol–water partition coefficient (Wildman–Crippen LogP) is 1.75. The Balaban J connectivity index is 4.44. The SMILES string of the molecule is C=C(C(=O)O)[C@@H](CCCC(O)CC)C(=O)OCC. The highest BCUT2D eigenvalue weighted by Crippen LogP contribution is 2.20. The van der Waals surface area contributed by atoms with Crippen molar-refractivity contribution in [3.63, 3.8) is 0 Å². The monoisotopic (exact) mass is 258 g/mol. The first-order chi connectivity index (χ1) is 8.43. The van der Waals surface area contributed by atoms with E-state index in [4.69, 9.17) is 9.84 Å². The first-order valence-electron chi connectivity index (χ1n) is 6.20. The molecule has 0 aliphatic rings. The van der Waals surface area contributed by atoms with Gasteiger partial charge in [0.05, 0.1) is 18.6 Å². The fraction of sp³-hybridized carbons (Fsp3) is 0.692. The fourth-order valence-electron chi connectivity index (χ4n) is 1.59. The van der Waals surface area contributed by atoms with Crippen molar-refractivity contribution in [3.05, 3.63) is 12.2 Å². The number of carbonyl (C=O) groups excluding carboxylic acids is 1. The normalized spacial score (nSPS) is 13.7. The van der Waals surface area contributed by atoms with Crippen molar-refractivity contribution in [1.82, 2.24) is 0 Å². The van der Waals surface area contributed by atoms with Gasteiger partial charge in [0.1, 0.15) is 0 Å². The lowest BCUT2D eigenvalue weighted by atomic mass is 9.93. The summed E-state index contributed by atoms with van der Waals surface area (Å²) in [5.41, 5.74) is -0.153. The zero-order valence-electron chi connectivity index (χ0n) is 11.0. The summed E-state index contributed by atoms with van der Waals surface area (Å²) in [5, 5.41) is 18.3. The molecule has 0 aromatic carbocycles. The molecule has 5 heteroatoms. The van der Waals surface area contributed by atoms with Gasteiger partial charge in [-0.3, -0.25) is 4.79 Å². The lowest BCUT2D eigenvalue weighted by Crippen LogP contribution is -2.23. The maximum Gasteiger partial charge on any atom is 0.331 e. The summed E-state index contributed by atoms with van der Waals surface area (Å²) in [4.78, 5) is 22.5. The number of hydrogen-bond donors (Lipinski definition) is 2. The third kappa shape index (κ3) is 5.82. The highest BCUT2D eigenvalue weighted by atomic mass is 16.5. The van der Waals surface area contributed by atoms with Crippen LogP contribution < -0.4 is 0 Å². The largest absolute Gasteiger partial charge is 0.478 e. The number of carboxylic acid groups (broad SMARTS) is 1. The van der Waals surface area contributed by atoms with Crippen LogP contribution in [0.2, 0.25) is 0 Å². The van der Waals surface area contributed by atoms with Gasteiger partial charge in [0.25, 0.3) is 0 Å². The molecule has 0 saturated heterocycles. The van der Waals surface area contributed by atoms with Crippen LogP contribution in [0.15, 0.2) is 12.2 Å². The molecular formula is C13H22O5. The number of hydrogen-bond acceptors (Lipinski definition) is 4. The summed E-state index contributed by atoms with van der Waals surface area (Å²) >= 11 is 0. The number of esters is 1. The molecular weight excluding hydrogens is 236 g/mol. The van der Waals surface area contributed by atoms with Gasteiger partial charge in [-0.2, -0.15) is 0 Å². The lowest BCUT2D eigenvalue weighted by Gasteiger charge is -2.16. The molecule has 2 atom stereocenters. The molecule has 0 aromatic rings. The molecule has 104 valence electrons. The van der Waals surface area contributed by atoms with Crippen molar-refractivity contribution in [2.75, 3.05) is 6.61 Å². The molecule has 0 aliphatic heterocycles. The molecule has 2 N–H and O–H groups in total. The standard InChI is InChI=1S/C13H22O5/c1-4-10(14)7-6-8-11(9(3)12(15)16)13(17)18-5-2/h10-11,14H,3-8H2,1-2H3,(H,15,16)/t10?,11-/m1/s1. The zero-order chi connectivity index (χ0) is 14.1. The molecule has 0 aromatic heterocycles. The summed E-state index contributed by atoms with van der Waals surface area (Å²) in [6.07, 6.45) is 1.67. The average Bonchev–Trinajstić information content (AvgIpc) is 2.33. The van der Waals surface area contributed by atoms with E-state index in [0.717, 1.165) is 0 Å². The third-order valence-electron chi connectivity index (χ3n) is 2.77. The molecule has 18 heavy (non-hydrogen) atoms. The van der Waals surface area contributed by atoms with Crippen LogP contribution >= 0.6 is 0 Å². The maximum atomic E-state index is 11.6. The van der Waals surface area contributed by atoms with Gasteiger partial charge in [-0.15, -0.1) is 0 Å². The molecule has 0 aliphatic carbocycles. The summed E-state index contributed by atoms with van der Waals surface area (Å²) in [5.74, 6) is -2.58. The number of carbonyl (C=O) groups is 2. The van der Waals surface area contributed by atoms with Crippen molar-refractivity contribution in [2.24, 2.45) is 5.92 Å². The van der Waals surface area contributed by atoms with Gasteiger partial charge in [-0.1, -0.05) is 13.5 Å². The Hall–Kier alpha value is -1.36. The Kier molecular flexibility index (Phi) is 8.03. The first-order valence-corrected chi connectivity index (χ1v) is 6.20. The second kappa shape index (κ2) is 8.69. The summed E-state index contributed by atoms with van der Waals surface area (Å²) < 4.78 is 4.83. The number of rotatable bonds is 9. The fourth-order valence-corrected chi connectivity index (χ4v) is 1.59. The van der Waals surface area contributed by atoms with E-state index in [9.17, 15) is 14.7 Å². The van der Waals surface area contributed by atoms with E-state index in [0.29, 0.717) is 25.7 Å².